The maximum Gasteiger partial charge on any atom is 0.136 e. The van der Waals surface area contributed by atoms with Crippen LogP contribution in [0.1, 0.15) is 132 Å². The Bertz CT molecular complexity index is 1600. The molecule has 4 aliphatic rings. The molecule has 1 aliphatic carbocycles. The van der Waals surface area contributed by atoms with Crippen LogP contribution in [0.2, 0.25) is 0 Å². The minimum atomic E-state index is 0.239. The molecule has 2 saturated heterocycles. The molecule has 3 aromatic rings. The van der Waals surface area contributed by atoms with Crippen molar-refractivity contribution in [2.45, 2.75) is 136 Å². The molecule has 0 bridgehead atoms. The maximum absolute atomic E-state index is 5.97. The summed E-state index contributed by atoms with van der Waals surface area (Å²) in [6, 6.07) is 10.7. The topological polar surface area (TPSA) is 79.3 Å². The molecule has 2 N–H and O–H groups in total. The van der Waals surface area contributed by atoms with Gasteiger partial charge in [-0.1, -0.05) is 52.8 Å². The molecule has 8 heteroatoms. The molecular weight excluding hydrogens is 617 g/mol. The second kappa shape index (κ2) is 15.5. The second-order valence-corrected chi connectivity index (χ2v) is 16.5. The fourth-order valence-corrected chi connectivity index (χ4v) is 9.02. The van der Waals surface area contributed by atoms with Gasteiger partial charge in [-0.2, -0.15) is 5.10 Å². The summed E-state index contributed by atoms with van der Waals surface area (Å²) in [5.41, 5.74) is 14.7. The summed E-state index contributed by atoms with van der Waals surface area (Å²) >= 11 is 0. The third kappa shape index (κ3) is 7.90. The van der Waals surface area contributed by atoms with Crippen LogP contribution in [0, 0.1) is 5.41 Å². The Morgan fingerprint density at radius 2 is 1.70 bits per heavy atom. The Kier molecular flexibility index (Phi) is 11.3. The van der Waals surface area contributed by atoms with Gasteiger partial charge in [0.25, 0.3) is 0 Å². The molecule has 0 amide bonds. The van der Waals surface area contributed by atoms with Crippen molar-refractivity contribution in [2.75, 3.05) is 44.4 Å². The van der Waals surface area contributed by atoms with Crippen LogP contribution in [-0.2, 0) is 32.4 Å². The monoisotopic (exact) mass is 681 g/mol. The van der Waals surface area contributed by atoms with Crippen LogP contribution in [-0.4, -0.2) is 68.8 Å². The third-order valence-electron chi connectivity index (χ3n) is 12.2. The Labute approximate surface area is 302 Å². The van der Waals surface area contributed by atoms with Crippen LogP contribution in [0.5, 0.6) is 0 Å². The van der Waals surface area contributed by atoms with Gasteiger partial charge in [-0.25, -0.2) is 9.97 Å². The van der Waals surface area contributed by atoms with E-state index in [9.17, 15) is 0 Å². The molecule has 2 unspecified atom stereocenters. The van der Waals surface area contributed by atoms with Gasteiger partial charge in [0, 0.05) is 56.1 Å². The van der Waals surface area contributed by atoms with E-state index in [2.05, 4.69) is 71.9 Å². The zero-order valence-electron chi connectivity index (χ0n) is 32.1. The Hall–Kier alpha value is -3.39. The molecule has 0 saturated carbocycles. The molecule has 2 atom stereocenters. The number of rotatable bonds is 10. The quantitative estimate of drug-likeness (QED) is 0.216. The summed E-state index contributed by atoms with van der Waals surface area (Å²) in [6.45, 7) is 18.7. The van der Waals surface area contributed by atoms with Gasteiger partial charge in [0.2, 0.25) is 0 Å². The molecule has 2 aromatic heterocycles. The fourth-order valence-electron chi connectivity index (χ4n) is 9.02. The first kappa shape index (κ1) is 36.4. The van der Waals surface area contributed by atoms with E-state index in [1.54, 1.807) is 0 Å². The van der Waals surface area contributed by atoms with E-state index in [1.807, 2.05) is 26.2 Å². The number of anilines is 2. The zero-order chi connectivity index (χ0) is 35.5. The van der Waals surface area contributed by atoms with Gasteiger partial charge in [-0.05, 0) is 119 Å². The van der Waals surface area contributed by atoms with Crippen LogP contribution < -0.4 is 10.6 Å². The lowest BCUT2D eigenvalue weighted by atomic mass is 9.70. The molecular formula is C42H64N8. The number of fused-ring (bicyclic) bond motifs is 3. The summed E-state index contributed by atoms with van der Waals surface area (Å²) in [6.07, 6.45) is 15.5. The van der Waals surface area contributed by atoms with Crippen molar-refractivity contribution in [1.82, 2.24) is 29.5 Å². The molecule has 3 aliphatic heterocycles. The largest absolute Gasteiger partial charge is 0.399 e. The number of hydrogen-bond acceptors (Lipinski definition) is 7. The highest BCUT2D eigenvalue weighted by Gasteiger charge is 2.44. The van der Waals surface area contributed by atoms with Gasteiger partial charge in [-0.3, -0.25) is 9.58 Å². The van der Waals surface area contributed by atoms with Gasteiger partial charge >= 0.3 is 0 Å². The molecule has 272 valence electrons. The van der Waals surface area contributed by atoms with E-state index in [-0.39, 0.29) is 5.41 Å². The molecule has 0 spiro atoms. The van der Waals surface area contributed by atoms with Crippen LogP contribution in [0.25, 0.3) is 5.70 Å². The lowest BCUT2D eigenvalue weighted by molar-refractivity contribution is 0.181. The minimum Gasteiger partial charge on any atom is -0.399 e. The normalized spacial score (nSPS) is 21.8. The average molecular weight is 681 g/mol. The van der Waals surface area contributed by atoms with E-state index < -0.39 is 0 Å². The Morgan fingerprint density at radius 3 is 2.40 bits per heavy atom. The number of aryl methyl sites for hydroxylation is 2. The molecule has 1 aromatic carbocycles. The number of hydrogen-bond donors (Lipinski definition) is 1. The molecule has 2 fully saturated rings. The number of nitrogen functional groups attached to an aromatic ring is 1. The number of benzene rings is 1. The van der Waals surface area contributed by atoms with Gasteiger partial charge in [0.1, 0.15) is 17.3 Å². The number of nitrogens with two attached hydrogens (primary N) is 1. The third-order valence-corrected chi connectivity index (χ3v) is 12.2. The van der Waals surface area contributed by atoms with Crippen molar-refractivity contribution in [3.63, 3.8) is 0 Å². The highest BCUT2D eigenvalue weighted by atomic mass is 15.3. The first-order chi connectivity index (χ1) is 24.0. The first-order valence-electron chi connectivity index (χ1n) is 19.7. The highest BCUT2D eigenvalue weighted by molar-refractivity contribution is 5.59. The minimum absolute atomic E-state index is 0.239. The van der Waals surface area contributed by atoms with Gasteiger partial charge in [0.05, 0.1) is 17.9 Å². The van der Waals surface area contributed by atoms with Crippen molar-refractivity contribution in [2.24, 2.45) is 5.41 Å². The fraction of sp³-hybridized carbons (Fsp3) is 0.643. The van der Waals surface area contributed by atoms with E-state index in [4.69, 9.17) is 20.8 Å². The summed E-state index contributed by atoms with van der Waals surface area (Å²) in [5.74, 6) is 2.77. The molecule has 7 rings (SSSR count). The number of aromatic nitrogens is 4. The van der Waals surface area contributed by atoms with Gasteiger partial charge in [0.15, 0.2) is 0 Å². The summed E-state index contributed by atoms with van der Waals surface area (Å²) in [5, 5.41) is 4.95. The van der Waals surface area contributed by atoms with Crippen LogP contribution >= 0.6 is 0 Å². The standard InChI is InChI=1S/C39H56N8.C3H8/c1-28(30-9-11-31(40)12-10-30)13-18-38(3)19-14-33-35(26-38)41-36(15-20-39-16-6-22-46(39)23-7-17-39)42-37(33)45-21-8-24-47-32(27-45)25-34(43-47)29(2)44(4)5;1-3-2/h9-12,25,28H,2,6-8,13-24,26-27,40H2,1,3-5H3;3H2,1-2H3. The predicted molar refractivity (Wildman–Crippen MR) is 208 cm³/mol. The lowest BCUT2D eigenvalue weighted by Gasteiger charge is -2.37. The van der Waals surface area contributed by atoms with E-state index >= 15 is 0 Å². The molecule has 0 radical (unpaired) electrons. The summed E-state index contributed by atoms with van der Waals surface area (Å²) in [4.78, 5) is 18.3. The molecule has 50 heavy (non-hydrogen) atoms. The Morgan fingerprint density at radius 1 is 0.980 bits per heavy atom. The SMILES string of the molecule is C=C(c1cc2n(n1)CCCN(c1nc(CCC34CCCN3CCC4)nc3c1CCC(C)(CCC(C)c1ccc(N)cc1)C3)C2)N(C)C.CCC. The molecule has 8 nitrogen and oxygen atoms in total. The van der Waals surface area contributed by atoms with Gasteiger partial charge in [-0.15, -0.1) is 0 Å². The summed E-state index contributed by atoms with van der Waals surface area (Å²) < 4.78 is 2.20. The highest BCUT2D eigenvalue weighted by Crippen LogP contribution is 2.44. The van der Waals surface area contributed by atoms with Gasteiger partial charge < -0.3 is 15.5 Å². The van der Waals surface area contributed by atoms with E-state index in [0.29, 0.717) is 11.5 Å². The predicted octanol–water partition coefficient (Wildman–Crippen LogP) is 8.25. The molecule has 5 heterocycles. The van der Waals surface area contributed by atoms with Crippen LogP contribution in [0.4, 0.5) is 11.5 Å². The van der Waals surface area contributed by atoms with Crippen molar-refractivity contribution in [3.05, 3.63) is 70.9 Å². The zero-order valence-corrected chi connectivity index (χ0v) is 32.1. The Balaban J connectivity index is 0.00000139. The van der Waals surface area contributed by atoms with Crippen molar-refractivity contribution < 1.29 is 0 Å². The van der Waals surface area contributed by atoms with E-state index in [1.165, 1.54) is 99.2 Å². The second-order valence-electron chi connectivity index (χ2n) is 16.5. The van der Waals surface area contributed by atoms with Crippen molar-refractivity contribution in [3.8, 4) is 0 Å². The lowest BCUT2D eigenvalue weighted by Crippen LogP contribution is -2.38. The van der Waals surface area contributed by atoms with Crippen molar-refractivity contribution >= 4 is 17.2 Å². The van der Waals surface area contributed by atoms with E-state index in [0.717, 1.165) is 68.2 Å². The maximum atomic E-state index is 5.97. The average Bonchev–Trinajstić information content (AvgIpc) is 3.77. The summed E-state index contributed by atoms with van der Waals surface area (Å²) in [7, 11) is 4.08. The number of nitrogens with zero attached hydrogens (tertiary/aromatic N) is 7. The smallest absolute Gasteiger partial charge is 0.136 e. The van der Waals surface area contributed by atoms with Crippen LogP contribution in [0.15, 0.2) is 36.9 Å². The van der Waals surface area contributed by atoms with Crippen molar-refractivity contribution in [1.29, 1.82) is 0 Å². The first-order valence-corrected chi connectivity index (χ1v) is 19.7. The van der Waals surface area contributed by atoms with Crippen LogP contribution in [0.3, 0.4) is 0 Å².